The summed E-state index contributed by atoms with van der Waals surface area (Å²) >= 11 is 0. The fourth-order valence-electron chi connectivity index (χ4n) is 6.49. The SMILES string of the molecule is Cc1ccnc(-c2cc(C(=O)N3CCCC3C(=O)N3CCCC3C(=O)Nc3c4ccccc4nc4ccccc34)ccn2)c1. The molecule has 2 aliphatic heterocycles. The van der Waals surface area contributed by atoms with Crippen molar-refractivity contribution in [3.05, 3.63) is 96.3 Å². The minimum atomic E-state index is -0.620. The van der Waals surface area contributed by atoms with Crippen LogP contribution in [-0.4, -0.2) is 67.6 Å². The van der Waals surface area contributed by atoms with Gasteiger partial charge in [0.05, 0.1) is 28.1 Å². The fraction of sp³-hybridized carbons (Fsp3) is 0.257. The first kappa shape index (κ1) is 27.6. The van der Waals surface area contributed by atoms with Crippen molar-refractivity contribution in [2.75, 3.05) is 18.4 Å². The number of aryl methyl sites for hydroxylation is 1. The number of hydrogen-bond acceptors (Lipinski definition) is 6. The molecule has 5 aromatic rings. The number of fused-ring (bicyclic) bond motifs is 2. The predicted octanol–water partition coefficient (Wildman–Crippen LogP) is 5.39. The minimum Gasteiger partial charge on any atom is -0.329 e. The van der Waals surface area contributed by atoms with E-state index in [4.69, 9.17) is 4.98 Å². The Morgan fingerprint density at radius 2 is 1.36 bits per heavy atom. The Kier molecular flexibility index (Phi) is 7.21. The van der Waals surface area contributed by atoms with Crippen LogP contribution in [0.3, 0.4) is 0 Å². The molecule has 5 heterocycles. The molecule has 0 spiro atoms. The van der Waals surface area contributed by atoms with Crippen molar-refractivity contribution in [3.8, 4) is 11.4 Å². The molecule has 2 saturated heterocycles. The lowest BCUT2D eigenvalue weighted by molar-refractivity contribution is -0.139. The zero-order valence-corrected chi connectivity index (χ0v) is 24.4. The summed E-state index contributed by atoms with van der Waals surface area (Å²) in [7, 11) is 0. The molecule has 7 rings (SSSR count). The quantitative estimate of drug-likeness (QED) is 0.278. The Labute approximate surface area is 254 Å². The molecule has 9 nitrogen and oxygen atoms in total. The van der Waals surface area contributed by atoms with Gasteiger partial charge in [0.2, 0.25) is 11.8 Å². The summed E-state index contributed by atoms with van der Waals surface area (Å²) in [5.41, 5.74) is 5.09. The van der Waals surface area contributed by atoms with Crippen molar-refractivity contribution in [2.45, 2.75) is 44.7 Å². The highest BCUT2D eigenvalue weighted by molar-refractivity contribution is 6.14. The second-order valence-corrected chi connectivity index (χ2v) is 11.5. The number of aromatic nitrogens is 3. The highest BCUT2D eigenvalue weighted by Gasteiger charge is 2.42. The lowest BCUT2D eigenvalue weighted by Gasteiger charge is -2.31. The van der Waals surface area contributed by atoms with Gasteiger partial charge in [-0.05, 0) is 74.6 Å². The van der Waals surface area contributed by atoms with Gasteiger partial charge in [0, 0.05) is 41.8 Å². The third-order valence-corrected chi connectivity index (χ3v) is 8.66. The standard InChI is InChI=1S/C35H32N6O3/c1-22-14-16-36-28(20-22)29-21-23(15-17-37-29)34(43)41-19-7-13-31(41)35(44)40-18-6-12-30(40)33(42)39-32-24-8-2-4-10-26(24)38-27-11-5-3-9-25(27)32/h2-5,8-11,14-17,20-21,30-31H,6-7,12-13,18-19H2,1H3,(H,38,39,42). The molecule has 0 aliphatic carbocycles. The highest BCUT2D eigenvalue weighted by atomic mass is 16.2. The molecular weight excluding hydrogens is 552 g/mol. The van der Waals surface area contributed by atoms with Gasteiger partial charge in [-0.25, -0.2) is 4.98 Å². The van der Waals surface area contributed by atoms with Crippen LogP contribution in [-0.2, 0) is 9.59 Å². The van der Waals surface area contributed by atoms with Crippen LogP contribution >= 0.6 is 0 Å². The van der Waals surface area contributed by atoms with Gasteiger partial charge in [0.15, 0.2) is 0 Å². The number of nitrogens with zero attached hydrogens (tertiary/aromatic N) is 5. The van der Waals surface area contributed by atoms with Crippen LogP contribution in [0.1, 0.15) is 41.6 Å². The van der Waals surface area contributed by atoms with Gasteiger partial charge in [-0.15, -0.1) is 0 Å². The third-order valence-electron chi connectivity index (χ3n) is 8.66. The Morgan fingerprint density at radius 3 is 2.07 bits per heavy atom. The van der Waals surface area contributed by atoms with Crippen LogP contribution in [0.15, 0.2) is 85.2 Å². The summed E-state index contributed by atoms with van der Waals surface area (Å²) in [6, 6.07) is 21.5. The number of para-hydroxylation sites is 2. The lowest BCUT2D eigenvalue weighted by atomic mass is 10.1. The van der Waals surface area contributed by atoms with E-state index in [-0.39, 0.29) is 17.7 Å². The Morgan fingerprint density at radius 1 is 0.750 bits per heavy atom. The average molecular weight is 585 g/mol. The molecule has 2 fully saturated rings. The molecule has 44 heavy (non-hydrogen) atoms. The number of anilines is 1. The normalized spacial score (nSPS) is 18.2. The fourth-order valence-corrected chi connectivity index (χ4v) is 6.49. The number of nitrogens with one attached hydrogen (secondary N) is 1. The number of likely N-dealkylation sites (tertiary alicyclic amines) is 2. The molecular formula is C35H32N6O3. The van der Waals surface area contributed by atoms with Crippen molar-refractivity contribution in [2.24, 2.45) is 0 Å². The van der Waals surface area contributed by atoms with Crippen molar-refractivity contribution in [3.63, 3.8) is 0 Å². The predicted molar refractivity (Wildman–Crippen MR) is 169 cm³/mol. The van der Waals surface area contributed by atoms with Gasteiger partial charge in [0.1, 0.15) is 12.1 Å². The first-order valence-corrected chi connectivity index (χ1v) is 15.1. The number of carbonyl (C=O) groups excluding carboxylic acids is 3. The molecule has 0 bridgehead atoms. The van der Waals surface area contributed by atoms with E-state index in [0.29, 0.717) is 48.6 Å². The van der Waals surface area contributed by atoms with Gasteiger partial charge in [-0.2, -0.15) is 0 Å². The smallest absolute Gasteiger partial charge is 0.254 e. The van der Waals surface area contributed by atoms with E-state index in [2.05, 4.69) is 15.3 Å². The third kappa shape index (κ3) is 5.04. The number of hydrogen-bond donors (Lipinski definition) is 1. The summed E-state index contributed by atoms with van der Waals surface area (Å²) in [6.07, 6.45) is 5.90. The van der Waals surface area contributed by atoms with E-state index in [0.717, 1.165) is 40.2 Å². The summed E-state index contributed by atoms with van der Waals surface area (Å²) in [5, 5.41) is 4.86. The molecule has 1 N–H and O–H groups in total. The zero-order valence-electron chi connectivity index (χ0n) is 24.4. The summed E-state index contributed by atoms with van der Waals surface area (Å²) in [5.74, 6) is -0.614. The molecule has 2 aromatic carbocycles. The van der Waals surface area contributed by atoms with Gasteiger partial charge in [-0.3, -0.25) is 24.4 Å². The molecule has 220 valence electrons. The zero-order chi connectivity index (χ0) is 30.2. The van der Waals surface area contributed by atoms with Gasteiger partial charge < -0.3 is 15.1 Å². The van der Waals surface area contributed by atoms with E-state index >= 15 is 0 Å². The minimum absolute atomic E-state index is 0.174. The van der Waals surface area contributed by atoms with Crippen LogP contribution in [0.25, 0.3) is 33.2 Å². The summed E-state index contributed by atoms with van der Waals surface area (Å²) in [4.78, 5) is 58.5. The topological polar surface area (TPSA) is 108 Å². The Bertz CT molecular complexity index is 1870. The Balaban J connectivity index is 1.12. The molecule has 2 aliphatic rings. The van der Waals surface area contributed by atoms with E-state index in [1.807, 2.05) is 67.6 Å². The van der Waals surface area contributed by atoms with E-state index < -0.39 is 12.1 Å². The average Bonchev–Trinajstić information content (AvgIpc) is 3.75. The van der Waals surface area contributed by atoms with E-state index in [1.165, 1.54) is 0 Å². The second kappa shape index (κ2) is 11.5. The molecule has 2 unspecified atom stereocenters. The molecule has 0 radical (unpaired) electrons. The number of carbonyl (C=O) groups is 3. The Hall–Kier alpha value is -5.18. The first-order valence-electron chi connectivity index (χ1n) is 15.1. The maximum absolute atomic E-state index is 14.0. The van der Waals surface area contributed by atoms with E-state index in [1.54, 1.807) is 34.3 Å². The number of amides is 3. The second-order valence-electron chi connectivity index (χ2n) is 11.5. The lowest BCUT2D eigenvalue weighted by Crippen LogP contribution is -2.51. The number of benzene rings is 2. The van der Waals surface area contributed by atoms with Crippen molar-refractivity contribution < 1.29 is 14.4 Å². The van der Waals surface area contributed by atoms with Gasteiger partial charge in [0.25, 0.3) is 5.91 Å². The van der Waals surface area contributed by atoms with Gasteiger partial charge >= 0.3 is 0 Å². The van der Waals surface area contributed by atoms with Gasteiger partial charge in [-0.1, -0.05) is 36.4 Å². The first-order chi connectivity index (χ1) is 21.5. The van der Waals surface area contributed by atoms with Crippen molar-refractivity contribution >= 4 is 45.2 Å². The molecule has 3 aromatic heterocycles. The van der Waals surface area contributed by atoms with Crippen molar-refractivity contribution in [1.82, 2.24) is 24.8 Å². The molecule has 9 heteroatoms. The van der Waals surface area contributed by atoms with Crippen LogP contribution in [0.4, 0.5) is 5.69 Å². The maximum Gasteiger partial charge on any atom is 0.254 e. The van der Waals surface area contributed by atoms with Crippen LogP contribution in [0.2, 0.25) is 0 Å². The van der Waals surface area contributed by atoms with Crippen LogP contribution < -0.4 is 5.32 Å². The molecule has 3 amide bonds. The monoisotopic (exact) mass is 584 g/mol. The number of rotatable bonds is 5. The van der Waals surface area contributed by atoms with E-state index in [9.17, 15) is 14.4 Å². The van der Waals surface area contributed by atoms with Crippen molar-refractivity contribution in [1.29, 1.82) is 0 Å². The van der Waals surface area contributed by atoms with Crippen LogP contribution in [0, 0.1) is 6.92 Å². The summed E-state index contributed by atoms with van der Waals surface area (Å²) < 4.78 is 0. The largest absolute Gasteiger partial charge is 0.329 e. The van der Waals surface area contributed by atoms with Crippen LogP contribution in [0.5, 0.6) is 0 Å². The highest BCUT2D eigenvalue weighted by Crippen LogP contribution is 2.32. The molecule has 0 saturated carbocycles. The maximum atomic E-state index is 14.0. The molecule has 2 atom stereocenters. The summed E-state index contributed by atoms with van der Waals surface area (Å²) in [6.45, 7) is 2.94. The number of pyridine rings is 3.